The first-order valence-electron chi connectivity index (χ1n) is 6.55. The molecule has 0 unspecified atom stereocenters. The Hall–Kier alpha value is -1.55. The molecule has 2 rings (SSSR count). The first-order chi connectivity index (χ1) is 8.97. The Balaban J connectivity index is 2.54. The van der Waals surface area contributed by atoms with Crippen molar-refractivity contribution >= 4 is 33.0 Å². The van der Waals surface area contributed by atoms with E-state index in [-0.39, 0.29) is 11.9 Å². The Morgan fingerprint density at radius 3 is 2.63 bits per heavy atom. The molecule has 0 aliphatic rings. The van der Waals surface area contributed by atoms with Gasteiger partial charge in [-0.15, -0.1) is 11.3 Å². The van der Waals surface area contributed by atoms with E-state index >= 15 is 0 Å². The zero-order valence-electron chi connectivity index (χ0n) is 11.9. The van der Waals surface area contributed by atoms with Gasteiger partial charge < -0.3 is 10.6 Å². The summed E-state index contributed by atoms with van der Waals surface area (Å²) >= 11 is 1.50. The highest BCUT2D eigenvalue weighted by atomic mass is 32.1. The Bertz CT molecular complexity index is 616. The number of hydrogen-bond acceptors (Lipinski definition) is 3. The number of rotatable bonds is 3. The lowest BCUT2D eigenvalue weighted by Gasteiger charge is -2.24. The smallest absolute Gasteiger partial charge is 0.266 e. The molecule has 19 heavy (non-hydrogen) atoms. The van der Waals surface area contributed by atoms with Gasteiger partial charge in [-0.3, -0.25) is 4.79 Å². The molecule has 102 valence electrons. The fourth-order valence-electron chi connectivity index (χ4n) is 2.31. The monoisotopic (exact) mass is 276 g/mol. The van der Waals surface area contributed by atoms with E-state index in [2.05, 4.69) is 0 Å². The number of aryl methyl sites for hydroxylation is 1. The molecule has 2 aromatic rings. The normalized spacial score (nSPS) is 11.2. The van der Waals surface area contributed by atoms with Crippen LogP contribution in [0, 0.1) is 6.92 Å². The highest BCUT2D eigenvalue weighted by molar-refractivity contribution is 7.21. The van der Waals surface area contributed by atoms with Gasteiger partial charge in [0, 0.05) is 22.7 Å². The van der Waals surface area contributed by atoms with Crippen LogP contribution in [0.5, 0.6) is 0 Å². The van der Waals surface area contributed by atoms with Gasteiger partial charge in [0.25, 0.3) is 5.91 Å². The van der Waals surface area contributed by atoms with Gasteiger partial charge in [-0.25, -0.2) is 0 Å². The maximum absolute atomic E-state index is 12.6. The lowest BCUT2D eigenvalue weighted by atomic mass is 10.1. The predicted octanol–water partition coefficient (Wildman–Crippen LogP) is 3.66. The SMILES string of the molecule is CCN(C(=O)c1sc2c(C)cccc2c1N)C(C)C. The number of nitrogens with two attached hydrogens (primary N) is 1. The summed E-state index contributed by atoms with van der Waals surface area (Å²) in [5.74, 6) is 0.0376. The van der Waals surface area contributed by atoms with Crippen LogP contribution in [-0.2, 0) is 0 Å². The summed E-state index contributed by atoms with van der Waals surface area (Å²) in [6.07, 6.45) is 0. The fourth-order valence-corrected chi connectivity index (χ4v) is 3.46. The Morgan fingerprint density at radius 2 is 2.11 bits per heavy atom. The average Bonchev–Trinajstić information content (AvgIpc) is 2.69. The molecule has 2 N–H and O–H groups in total. The van der Waals surface area contributed by atoms with Crippen LogP contribution < -0.4 is 5.73 Å². The molecular weight excluding hydrogens is 256 g/mol. The van der Waals surface area contributed by atoms with Crippen molar-refractivity contribution in [3.63, 3.8) is 0 Å². The van der Waals surface area contributed by atoms with Crippen LogP contribution in [0.1, 0.15) is 36.0 Å². The van der Waals surface area contributed by atoms with E-state index in [0.29, 0.717) is 17.1 Å². The molecule has 0 spiro atoms. The van der Waals surface area contributed by atoms with Crippen molar-refractivity contribution in [3.05, 3.63) is 28.6 Å². The number of thiophene rings is 1. The van der Waals surface area contributed by atoms with Crippen molar-refractivity contribution in [1.82, 2.24) is 4.90 Å². The van der Waals surface area contributed by atoms with E-state index in [0.717, 1.165) is 10.1 Å². The number of anilines is 1. The van der Waals surface area contributed by atoms with Crippen molar-refractivity contribution in [1.29, 1.82) is 0 Å². The second kappa shape index (κ2) is 5.21. The Labute approximate surface area is 118 Å². The maximum Gasteiger partial charge on any atom is 0.266 e. The van der Waals surface area contributed by atoms with Crippen LogP contribution in [0.3, 0.4) is 0 Å². The molecule has 4 heteroatoms. The molecule has 0 aliphatic carbocycles. The second-order valence-corrected chi connectivity index (χ2v) is 6.00. The topological polar surface area (TPSA) is 46.3 Å². The Morgan fingerprint density at radius 1 is 1.42 bits per heavy atom. The molecule has 0 saturated heterocycles. The lowest BCUT2D eigenvalue weighted by molar-refractivity contribution is 0.0723. The molecule has 0 saturated carbocycles. The van der Waals surface area contributed by atoms with Crippen LogP contribution in [0.4, 0.5) is 5.69 Å². The van der Waals surface area contributed by atoms with Crippen molar-refractivity contribution < 1.29 is 4.79 Å². The molecule has 0 bridgehead atoms. The number of fused-ring (bicyclic) bond motifs is 1. The van der Waals surface area contributed by atoms with Crippen molar-refractivity contribution in [2.24, 2.45) is 0 Å². The first kappa shape index (κ1) is 13.9. The number of nitrogens with zero attached hydrogens (tertiary/aromatic N) is 1. The van der Waals surface area contributed by atoms with Gasteiger partial charge in [0.05, 0.1) is 5.69 Å². The van der Waals surface area contributed by atoms with Crippen LogP contribution >= 0.6 is 11.3 Å². The van der Waals surface area contributed by atoms with Crippen LogP contribution in [-0.4, -0.2) is 23.4 Å². The average molecular weight is 276 g/mol. The van der Waals surface area contributed by atoms with E-state index in [4.69, 9.17) is 5.73 Å². The van der Waals surface area contributed by atoms with Gasteiger partial charge in [-0.1, -0.05) is 18.2 Å². The molecule has 0 fully saturated rings. The number of amides is 1. The third-order valence-electron chi connectivity index (χ3n) is 3.37. The summed E-state index contributed by atoms with van der Waals surface area (Å²) in [7, 11) is 0. The fraction of sp³-hybridized carbons (Fsp3) is 0.400. The summed E-state index contributed by atoms with van der Waals surface area (Å²) in [4.78, 5) is 15.1. The quantitative estimate of drug-likeness (QED) is 0.930. The minimum Gasteiger partial charge on any atom is -0.397 e. The summed E-state index contributed by atoms with van der Waals surface area (Å²) in [5, 5.41) is 0.994. The number of hydrogen-bond donors (Lipinski definition) is 1. The van der Waals surface area contributed by atoms with Crippen molar-refractivity contribution in [2.45, 2.75) is 33.7 Å². The number of benzene rings is 1. The predicted molar refractivity (Wildman–Crippen MR) is 82.8 cm³/mol. The van der Waals surface area contributed by atoms with E-state index in [1.165, 1.54) is 16.9 Å². The van der Waals surface area contributed by atoms with Gasteiger partial charge >= 0.3 is 0 Å². The van der Waals surface area contributed by atoms with E-state index in [1.807, 2.05) is 50.8 Å². The minimum atomic E-state index is 0.0376. The zero-order valence-corrected chi connectivity index (χ0v) is 12.7. The van der Waals surface area contributed by atoms with Gasteiger partial charge in [0.2, 0.25) is 0 Å². The summed E-state index contributed by atoms with van der Waals surface area (Å²) in [5.41, 5.74) is 7.95. The molecule has 1 amide bonds. The third kappa shape index (κ3) is 2.32. The first-order valence-corrected chi connectivity index (χ1v) is 7.37. The molecule has 0 atom stereocenters. The van der Waals surface area contributed by atoms with Gasteiger partial charge in [0.15, 0.2) is 0 Å². The van der Waals surface area contributed by atoms with Gasteiger partial charge in [-0.2, -0.15) is 0 Å². The van der Waals surface area contributed by atoms with Gasteiger partial charge in [0.1, 0.15) is 4.88 Å². The molecule has 1 aromatic heterocycles. The molecular formula is C15H20N2OS. The van der Waals surface area contributed by atoms with E-state index in [9.17, 15) is 4.79 Å². The molecule has 0 radical (unpaired) electrons. The number of carbonyl (C=O) groups excluding carboxylic acids is 1. The molecule has 3 nitrogen and oxygen atoms in total. The lowest BCUT2D eigenvalue weighted by Crippen LogP contribution is -2.36. The highest BCUT2D eigenvalue weighted by Crippen LogP contribution is 2.36. The summed E-state index contributed by atoms with van der Waals surface area (Å²) < 4.78 is 1.11. The summed E-state index contributed by atoms with van der Waals surface area (Å²) in [6, 6.07) is 6.20. The third-order valence-corrected chi connectivity index (χ3v) is 4.71. The van der Waals surface area contributed by atoms with Crippen molar-refractivity contribution in [2.75, 3.05) is 12.3 Å². The molecule has 1 heterocycles. The Kier molecular flexibility index (Phi) is 3.80. The molecule has 1 aromatic carbocycles. The van der Waals surface area contributed by atoms with Crippen LogP contribution in [0.2, 0.25) is 0 Å². The summed E-state index contributed by atoms with van der Waals surface area (Å²) in [6.45, 7) is 8.79. The minimum absolute atomic E-state index is 0.0376. The largest absolute Gasteiger partial charge is 0.397 e. The van der Waals surface area contributed by atoms with E-state index in [1.54, 1.807) is 0 Å². The van der Waals surface area contributed by atoms with Gasteiger partial charge in [-0.05, 0) is 33.3 Å². The number of carbonyl (C=O) groups is 1. The van der Waals surface area contributed by atoms with E-state index < -0.39 is 0 Å². The van der Waals surface area contributed by atoms with Crippen LogP contribution in [0.15, 0.2) is 18.2 Å². The van der Waals surface area contributed by atoms with Crippen molar-refractivity contribution in [3.8, 4) is 0 Å². The molecule has 0 aliphatic heterocycles. The zero-order chi connectivity index (χ0) is 14.2. The number of nitrogen functional groups attached to an aromatic ring is 1. The van der Waals surface area contributed by atoms with Crippen LogP contribution in [0.25, 0.3) is 10.1 Å². The highest BCUT2D eigenvalue weighted by Gasteiger charge is 2.23. The standard InChI is InChI=1S/C15H20N2OS/c1-5-17(9(2)3)15(18)14-12(16)11-8-6-7-10(4)13(11)19-14/h6-9H,5,16H2,1-4H3. The second-order valence-electron chi connectivity index (χ2n) is 4.98. The maximum atomic E-state index is 12.6.